The van der Waals surface area contributed by atoms with Gasteiger partial charge < -0.3 is 9.90 Å². The molecule has 0 aromatic rings. The Bertz CT molecular complexity index is 471. The zero-order valence-electron chi connectivity index (χ0n) is 14.4. The third kappa shape index (κ3) is 5.88. The van der Waals surface area contributed by atoms with Gasteiger partial charge in [0, 0.05) is 12.8 Å². The summed E-state index contributed by atoms with van der Waals surface area (Å²) in [6.45, 7) is 7.67. The summed E-state index contributed by atoms with van der Waals surface area (Å²) < 4.78 is 0. The van der Waals surface area contributed by atoms with E-state index >= 15 is 0 Å². The Morgan fingerprint density at radius 3 is 2.64 bits per heavy atom. The Morgan fingerprint density at radius 2 is 2.05 bits per heavy atom. The van der Waals surface area contributed by atoms with Crippen molar-refractivity contribution in [2.45, 2.75) is 78.2 Å². The lowest BCUT2D eigenvalue weighted by atomic mass is 9.78. The molecule has 1 aliphatic carbocycles. The summed E-state index contributed by atoms with van der Waals surface area (Å²) in [4.78, 5) is 22.9. The summed E-state index contributed by atoms with van der Waals surface area (Å²) in [6, 6.07) is 0. The van der Waals surface area contributed by atoms with Crippen LogP contribution in [-0.2, 0) is 9.59 Å². The fraction of sp³-hybridized carbons (Fsp3) is 0.684. The van der Waals surface area contributed by atoms with E-state index in [1.807, 2.05) is 13.8 Å². The number of ketones is 2. The lowest BCUT2D eigenvalue weighted by molar-refractivity contribution is -0.118. The first-order valence-corrected chi connectivity index (χ1v) is 8.37. The third-order valence-corrected chi connectivity index (χ3v) is 4.54. The molecule has 1 aliphatic rings. The van der Waals surface area contributed by atoms with Gasteiger partial charge in [0.15, 0.2) is 5.78 Å². The van der Waals surface area contributed by atoms with E-state index in [9.17, 15) is 14.7 Å². The maximum atomic E-state index is 12.0. The highest BCUT2D eigenvalue weighted by molar-refractivity contribution is 5.96. The standard InChI is InChI=1S/C19H30O3/c1-14(2)19(22)12-11-18(21)17(13-19)10-6-8-15(3)7-5-9-16(4)20/h8,13-14,22H,5-7,9-12H2,1-4H3/b15-8+/t19-/m0/s1. The molecule has 1 N–H and O–H groups in total. The monoisotopic (exact) mass is 306 g/mol. The van der Waals surface area contributed by atoms with Crippen molar-refractivity contribution in [3.8, 4) is 0 Å². The molecule has 0 bridgehead atoms. The molecule has 1 atom stereocenters. The summed E-state index contributed by atoms with van der Waals surface area (Å²) >= 11 is 0. The van der Waals surface area contributed by atoms with Crippen LogP contribution in [0, 0.1) is 5.92 Å². The Balaban J connectivity index is 2.53. The minimum Gasteiger partial charge on any atom is -0.385 e. The van der Waals surface area contributed by atoms with Gasteiger partial charge in [0.05, 0.1) is 5.60 Å². The molecule has 0 aromatic carbocycles. The molecule has 22 heavy (non-hydrogen) atoms. The highest BCUT2D eigenvalue weighted by atomic mass is 16.3. The van der Waals surface area contributed by atoms with Crippen molar-refractivity contribution in [2.24, 2.45) is 5.92 Å². The number of carbonyl (C=O) groups excluding carboxylic acids is 2. The number of hydrogen-bond donors (Lipinski definition) is 1. The largest absolute Gasteiger partial charge is 0.385 e. The lowest BCUT2D eigenvalue weighted by Crippen LogP contribution is -2.37. The predicted octanol–water partition coefficient (Wildman–Crippen LogP) is 4.15. The Labute approximate surface area is 134 Å². The van der Waals surface area contributed by atoms with Crippen LogP contribution in [0.3, 0.4) is 0 Å². The highest BCUT2D eigenvalue weighted by Crippen LogP contribution is 2.32. The van der Waals surface area contributed by atoms with Gasteiger partial charge in [-0.15, -0.1) is 0 Å². The molecule has 0 unspecified atom stereocenters. The molecule has 1 rings (SSSR count). The van der Waals surface area contributed by atoms with Crippen molar-refractivity contribution in [1.82, 2.24) is 0 Å². The van der Waals surface area contributed by atoms with Crippen LogP contribution in [0.2, 0.25) is 0 Å². The molecule has 0 aromatic heterocycles. The van der Waals surface area contributed by atoms with Crippen molar-refractivity contribution >= 4 is 11.6 Å². The molecular weight excluding hydrogens is 276 g/mol. The summed E-state index contributed by atoms with van der Waals surface area (Å²) in [5.74, 6) is 0.533. The molecule has 0 saturated carbocycles. The molecule has 0 amide bonds. The maximum Gasteiger partial charge on any atom is 0.158 e. The Kier molecular flexibility index (Phi) is 7.21. The van der Waals surface area contributed by atoms with Crippen molar-refractivity contribution in [3.63, 3.8) is 0 Å². The van der Waals surface area contributed by atoms with Gasteiger partial charge in [0.1, 0.15) is 5.78 Å². The van der Waals surface area contributed by atoms with Crippen LogP contribution in [0.15, 0.2) is 23.3 Å². The minimum atomic E-state index is -0.830. The molecule has 0 heterocycles. The summed E-state index contributed by atoms with van der Waals surface area (Å²) in [7, 11) is 0. The second-order valence-electron chi connectivity index (χ2n) is 6.88. The van der Waals surface area contributed by atoms with Gasteiger partial charge in [-0.25, -0.2) is 0 Å². The van der Waals surface area contributed by atoms with E-state index in [1.165, 1.54) is 5.57 Å². The number of Topliss-reactive ketones (excluding diaryl/α,β-unsaturated/α-hetero) is 2. The predicted molar refractivity (Wildman–Crippen MR) is 89.6 cm³/mol. The van der Waals surface area contributed by atoms with Gasteiger partial charge in [0.25, 0.3) is 0 Å². The molecule has 0 aliphatic heterocycles. The topological polar surface area (TPSA) is 54.4 Å². The van der Waals surface area contributed by atoms with E-state index in [1.54, 1.807) is 13.0 Å². The molecule has 124 valence electrons. The molecule has 0 fully saturated rings. The maximum absolute atomic E-state index is 12.0. The van der Waals surface area contributed by atoms with Crippen LogP contribution in [0.4, 0.5) is 0 Å². The SMILES string of the molecule is CC(=O)CCC/C(C)=C/CCC1=C[C@](O)(C(C)C)CCC1=O. The van der Waals surface area contributed by atoms with E-state index in [4.69, 9.17) is 0 Å². The first kappa shape index (κ1) is 18.8. The first-order chi connectivity index (χ1) is 10.2. The average Bonchev–Trinajstić information content (AvgIpc) is 2.42. The minimum absolute atomic E-state index is 0.124. The van der Waals surface area contributed by atoms with Crippen LogP contribution < -0.4 is 0 Å². The molecule has 3 nitrogen and oxygen atoms in total. The Hall–Kier alpha value is -1.22. The van der Waals surface area contributed by atoms with E-state index in [-0.39, 0.29) is 17.5 Å². The highest BCUT2D eigenvalue weighted by Gasteiger charge is 2.34. The van der Waals surface area contributed by atoms with Gasteiger partial charge in [-0.05, 0) is 63.5 Å². The van der Waals surface area contributed by atoms with Crippen molar-refractivity contribution in [3.05, 3.63) is 23.3 Å². The normalized spacial score (nSPS) is 22.9. The molecular formula is C19H30O3. The number of hydrogen-bond acceptors (Lipinski definition) is 3. The first-order valence-electron chi connectivity index (χ1n) is 8.37. The fourth-order valence-electron chi connectivity index (χ4n) is 2.79. The molecule has 0 spiro atoms. The number of allylic oxidation sites excluding steroid dienone is 3. The Morgan fingerprint density at radius 1 is 1.36 bits per heavy atom. The number of aliphatic hydroxyl groups is 1. The van der Waals surface area contributed by atoms with Crippen molar-refractivity contribution < 1.29 is 14.7 Å². The summed E-state index contributed by atoms with van der Waals surface area (Å²) in [6.07, 6.45) is 8.90. The molecule has 0 radical (unpaired) electrons. The van der Waals surface area contributed by atoms with E-state index in [2.05, 4.69) is 13.0 Å². The van der Waals surface area contributed by atoms with Gasteiger partial charge >= 0.3 is 0 Å². The molecule has 3 heteroatoms. The second kappa shape index (κ2) is 8.42. The zero-order valence-corrected chi connectivity index (χ0v) is 14.4. The zero-order chi connectivity index (χ0) is 16.8. The van der Waals surface area contributed by atoms with E-state index in [0.29, 0.717) is 25.7 Å². The second-order valence-corrected chi connectivity index (χ2v) is 6.88. The fourth-order valence-corrected chi connectivity index (χ4v) is 2.79. The van der Waals surface area contributed by atoms with Crippen LogP contribution in [0.5, 0.6) is 0 Å². The third-order valence-electron chi connectivity index (χ3n) is 4.54. The van der Waals surface area contributed by atoms with Crippen LogP contribution in [0.1, 0.15) is 72.6 Å². The quantitative estimate of drug-likeness (QED) is 0.685. The lowest BCUT2D eigenvalue weighted by Gasteiger charge is -2.33. The van der Waals surface area contributed by atoms with E-state index in [0.717, 1.165) is 24.8 Å². The number of rotatable bonds is 8. The molecule has 0 saturated heterocycles. The smallest absolute Gasteiger partial charge is 0.158 e. The number of carbonyl (C=O) groups is 2. The van der Waals surface area contributed by atoms with Gasteiger partial charge in [-0.1, -0.05) is 25.5 Å². The summed E-state index contributed by atoms with van der Waals surface area (Å²) in [5, 5.41) is 10.5. The van der Waals surface area contributed by atoms with Crippen LogP contribution >= 0.6 is 0 Å². The van der Waals surface area contributed by atoms with E-state index < -0.39 is 5.60 Å². The van der Waals surface area contributed by atoms with Crippen LogP contribution in [-0.4, -0.2) is 22.3 Å². The van der Waals surface area contributed by atoms with Gasteiger partial charge in [-0.3, -0.25) is 4.79 Å². The van der Waals surface area contributed by atoms with Gasteiger partial charge in [0.2, 0.25) is 0 Å². The average molecular weight is 306 g/mol. The van der Waals surface area contributed by atoms with Crippen LogP contribution in [0.25, 0.3) is 0 Å². The van der Waals surface area contributed by atoms with Crippen molar-refractivity contribution in [2.75, 3.05) is 0 Å². The van der Waals surface area contributed by atoms with Crippen molar-refractivity contribution in [1.29, 1.82) is 0 Å². The summed E-state index contributed by atoms with van der Waals surface area (Å²) in [5.41, 5.74) is 1.21. The van der Waals surface area contributed by atoms with Gasteiger partial charge in [-0.2, -0.15) is 0 Å².